The largest absolute Gasteiger partial charge is 0.328 e. The van der Waals surface area contributed by atoms with Crippen LogP contribution in [0.15, 0.2) is 30.6 Å². The van der Waals surface area contributed by atoms with Crippen LogP contribution in [0.4, 0.5) is 10.1 Å². The number of nitriles is 1. The molecule has 1 aliphatic carbocycles. The van der Waals surface area contributed by atoms with Crippen molar-refractivity contribution in [2.45, 2.75) is 38.1 Å². The maximum absolute atomic E-state index is 14.9. The maximum Gasteiger partial charge on any atom is 0.211 e. The molecule has 0 saturated heterocycles. The van der Waals surface area contributed by atoms with Crippen molar-refractivity contribution in [3.63, 3.8) is 0 Å². The molecule has 1 amide bonds. The number of hydrogen-bond acceptors (Lipinski definition) is 4. The molecule has 1 saturated carbocycles. The van der Waals surface area contributed by atoms with Gasteiger partial charge in [0.05, 0.1) is 5.56 Å². The topological polar surface area (TPSA) is 77.8 Å². The van der Waals surface area contributed by atoms with Gasteiger partial charge < -0.3 is 10.6 Å². The van der Waals surface area contributed by atoms with Crippen molar-refractivity contribution in [1.29, 1.82) is 5.26 Å². The molecule has 1 aromatic heterocycles. The summed E-state index contributed by atoms with van der Waals surface area (Å²) in [7, 11) is 1.85. The number of aromatic nitrogens is 1. The minimum atomic E-state index is -0.339. The number of hydrogen-bond donors (Lipinski definition) is 2. The van der Waals surface area contributed by atoms with Crippen LogP contribution in [0.3, 0.4) is 0 Å². The fourth-order valence-corrected chi connectivity index (χ4v) is 3.39. The number of carbonyl (C=O) groups excluding carboxylic acids is 1. The Morgan fingerprint density at radius 2 is 2.22 bits per heavy atom. The first-order valence-electron chi connectivity index (χ1n) is 9.19. The van der Waals surface area contributed by atoms with E-state index in [4.69, 9.17) is 0 Å². The highest BCUT2D eigenvalue weighted by Crippen LogP contribution is 2.37. The monoisotopic (exact) mass is 366 g/mol. The number of nitrogens with one attached hydrogen (secondary N) is 2. The zero-order chi connectivity index (χ0) is 19.2. The first kappa shape index (κ1) is 19.0. The Balaban J connectivity index is 1.90. The van der Waals surface area contributed by atoms with E-state index in [0.29, 0.717) is 28.8 Å². The van der Waals surface area contributed by atoms with E-state index in [9.17, 15) is 14.4 Å². The number of anilines is 1. The van der Waals surface area contributed by atoms with Crippen molar-refractivity contribution in [2.75, 3.05) is 12.4 Å². The average molecular weight is 366 g/mol. The van der Waals surface area contributed by atoms with Gasteiger partial charge in [-0.3, -0.25) is 9.78 Å². The zero-order valence-electron chi connectivity index (χ0n) is 15.3. The predicted octanol–water partition coefficient (Wildman–Crippen LogP) is 3.70. The lowest BCUT2D eigenvalue weighted by molar-refractivity contribution is -0.105. The molecule has 0 spiro atoms. The van der Waals surface area contributed by atoms with Gasteiger partial charge in [-0.15, -0.1) is 0 Å². The number of rotatable bonds is 9. The van der Waals surface area contributed by atoms with Crippen LogP contribution in [0.25, 0.3) is 0 Å². The third kappa shape index (κ3) is 4.69. The molecule has 1 unspecified atom stereocenters. The normalized spacial score (nSPS) is 14.4. The van der Waals surface area contributed by atoms with Gasteiger partial charge in [0.25, 0.3) is 0 Å². The Labute approximate surface area is 158 Å². The molecule has 2 aromatic rings. The first-order chi connectivity index (χ1) is 13.2. The lowest BCUT2D eigenvalue weighted by Gasteiger charge is -2.21. The summed E-state index contributed by atoms with van der Waals surface area (Å²) in [5.41, 5.74) is 2.91. The van der Waals surface area contributed by atoms with Crippen LogP contribution < -0.4 is 10.6 Å². The van der Waals surface area contributed by atoms with Crippen LogP contribution in [-0.2, 0) is 11.2 Å². The summed E-state index contributed by atoms with van der Waals surface area (Å²) in [6.07, 6.45) is 8.47. The second kappa shape index (κ2) is 8.74. The van der Waals surface area contributed by atoms with Gasteiger partial charge >= 0.3 is 0 Å². The van der Waals surface area contributed by atoms with Crippen LogP contribution in [-0.4, -0.2) is 18.4 Å². The number of nitrogens with zero attached hydrogens (tertiary/aromatic N) is 2. The number of pyridine rings is 1. The van der Waals surface area contributed by atoms with Gasteiger partial charge in [0, 0.05) is 30.5 Å². The highest BCUT2D eigenvalue weighted by molar-refractivity contribution is 5.74. The molecule has 1 heterocycles. The first-order valence-corrected chi connectivity index (χ1v) is 9.19. The van der Waals surface area contributed by atoms with Gasteiger partial charge in [-0.2, -0.15) is 5.26 Å². The SMILES string of the molecule is CNC(CCC1CC1)c1cc(F)c(Cc2ccncc2C#N)cc1NC=O. The minimum absolute atomic E-state index is 0.0211. The van der Waals surface area contributed by atoms with Gasteiger partial charge in [-0.1, -0.05) is 12.8 Å². The molecule has 5 nitrogen and oxygen atoms in total. The Morgan fingerprint density at radius 3 is 2.89 bits per heavy atom. The van der Waals surface area contributed by atoms with Gasteiger partial charge in [0.15, 0.2) is 0 Å². The molecule has 140 valence electrons. The second-order valence-corrected chi connectivity index (χ2v) is 6.98. The zero-order valence-corrected chi connectivity index (χ0v) is 15.3. The van der Waals surface area contributed by atoms with Crippen molar-refractivity contribution >= 4 is 12.1 Å². The molecular formula is C21H23FN4O. The predicted molar refractivity (Wildman–Crippen MR) is 102 cm³/mol. The molecule has 2 N–H and O–H groups in total. The summed E-state index contributed by atoms with van der Waals surface area (Å²) in [5.74, 6) is 0.442. The number of benzene rings is 1. The third-order valence-electron chi connectivity index (χ3n) is 5.13. The van der Waals surface area contributed by atoms with E-state index in [2.05, 4.69) is 21.7 Å². The van der Waals surface area contributed by atoms with E-state index in [1.165, 1.54) is 25.1 Å². The lowest BCUT2D eigenvalue weighted by Crippen LogP contribution is -2.19. The molecule has 0 aliphatic heterocycles. The van der Waals surface area contributed by atoms with E-state index >= 15 is 0 Å². The van der Waals surface area contributed by atoms with Gasteiger partial charge in [-0.05, 0) is 60.7 Å². The number of carbonyl (C=O) groups is 1. The Bertz CT molecular complexity index is 858. The standard InChI is InChI=1S/C21H23FN4O/c1-24-20(5-4-14-2-3-14)18-10-19(22)16(9-21(18)26-13-27)8-15-6-7-25-12-17(15)11-23/h6-7,9-10,12-14,20,24H,2-5,8H2,1H3,(H,26,27). The van der Waals surface area contributed by atoms with Crippen molar-refractivity contribution in [1.82, 2.24) is 10.3 Å². The third-order valence-corrected chi connectivity index (χ3v) is 5.13. The molecule has 1 aliphatic rings. The summed E-state index contributed by atoms with van der Waals surface area (Å²) in [5, 5.41) is 15.2. The van der Waals surface area contributed by atoms with Crippen molar-refractivity contribution < 1.29 is 9.18 Å². The van der Waals surface area contributed by atoms with Crippen molar-refractivity contribution in [2.24, 2.45) is 5.92 Å². The maximum atomic E-state index is 14.9. The summed E-state index contributed by atoms with van der Waals surface area (Å²) < 4.78 is 14.9. The Kier molecular flexibility index (Phi) is 6.15. The molecule has 3 rings (SSSR count). The van der Waals surface area contributed by atoms with Crippen LogP contribution >= 0.6 is 0 Å². The molecule has 1 aromatic carbocycles. The lowest BCUT2D eigenvalue weighted by atomic mass is 9.94. The van der Waals surface area contributed by atoms with Gasteiger partial charge in [0.1, 0.15) is 11.9 Å². The second-order valence-electron chi connectivity index (χ2n) is 6.98. The van der Waals surface area contributed by atoms with Gasteiger partial charge in [0.2, 0.25) is 6.41 Å². The van der Waals surface area contributed by atoms with Crippen molar-refractivity contribution in [3.05, 3.63) is 58.7 Å². The number of halogens is 1. The number of amides is 1. The Hall–Kier alpha value is -2.78. The summed E-state index contributed by atoms with van der Waals surface area (Å²) in [6.45, 7) is 0. The fraction of sp³-hybridized carbons (Fsp3) is 0.381. The minimum Gasteiger partial charge on any atom is -0.328 e. The summed E-state index contributed by atoms with van der Waals surface area (Å²) >= 11 is 0. The van der Waals surface area contributed by atoms with Crippen LogP contribution in [0.2, 0.25) is 0 Å². The quantitative estimate of drug-likeness (QED) is 0.663. The van der Waals surface area contributed by atoms with Crippen LogP contribution in [0.1, 0.15) is 54.0 Å². The highest BCUT2D eigenvalue weighted by Gasteiger charge is 2.24. The van der Waals surface area contributed by atoms with Gasteiger partial charge in [-0.25, -0.2) is 4.39 Å². The molecule has 0 radical (unpaired) electrons. The highest BCUT2D eigenvalue weighted by atomic mass is 19.1. The van der Waals surface area contributed by atoms with E-state index < -0.39 is 0 Å². The molecule has 27 heavy (non-hydrogen) atoms. The van der Waals surface area contributed by atoms with E-state index in [1.807, 2.05) is 7.05 Å². The molecule has 6 heteroatoms. The van der Waals surface area contributed by atoms with Crippen molar-refractivity contribution in [3.8, 4) is 6.07 Å². The summed E-state index contributed by atoms with van der Waals surface area (Å²) in [4.78, 5) is 15.0. The summed E-state index contributed by atoms with van der Waals surface area (Å²) in [6, 6.07) is 6.94. The average Bonchev–Trinajstić information content (AvgIpc) is 3.50. The van der Waals surface area contributed by atoms with E-state index in [-0.39, 0.29) is 18.3 Å². The fourth-order valence-electron chi connectivity index (χ4n) is 3.39. The van der Waals surface area contributed by atoms with E-state index in [0.717, 1.165) is 24.3 Å². The smallest absolute Gasteiger partial charge is 0.211 e. The molecular weight excluding hydrogens is 343 g/mol. The molecule has 1 atom stereocenters. The van der Waals surface area contributed by atoms with Crippen LogP contribution in [0, 0.1) is 23.1 Å². The van der Waals surface area contributed by atoms with Crippen LogP contribution in [0.5, 0.6) is 0 Å². The Morgan fingerprint density at radius 1 is 1.41 bits per heavy atom. The molecule has 0 bridgehead atoms. The molecule has 1 fully saturated rings. The van der Waals surface area contributed by atoms with E-state index in [1.54, 1.807) is 18.3 Å².